The van der Waals surface area contributed by atoms with E-state index < -0.39 is 0 Å². The summed E-state index contributed by atoms with van der Waals surface area (Å²) in [6, 6.07) is 106. The summed E-state index contributed by atoms with van der Waals surface area (Å²) in [5, 5.41) is 7.82. The van der Waals surface area contributed by atoms with Gasteiger partial charge in [0.05, 0.1) is 11.4 Å². The average molecular weight is 1170 g/mol. The maximum atomic E-state index is 2.72. The van der Waals surface area contributed by atoms with Gasteiger partial charge in [-0.2, -0.15) is 0 Å². The second-order valence-electron chi connectivity index (χ2n) is 28.5. The van der Waals surface area contributed by atoms with Crippen molar-refractivity contribution in [1.29, 1.82) is 0 Å². The molecule has 2 nitrogen and oxygen atoms in total. The average Bonchev–Trinajstić information content (AvgIpc) is 0.700. The summed E-state index contributed by atoms with van der Waals surface area (Å²) in [7, 11) is 0. The molecule has 0 N–H and O–H groups in total. The van der Waals surface area contributed by atoms with Gasteiger partial charge in [-0.1, -0.05) is 305 Å². The Hall–Kier alpha value is -10.2. The monoisotopic (exact) mass is 1170 g/mol. The van der Waals surface area contributed by atoms with Crippen molar-refractivity contribution in [1.82, 2.24) is 0 Å². The Morgan fingerprint density at radius 3 is 1.04 bits per heavy atom. The number of hydrogen-bond donors (Lipinski definition) is 0. The molecule has 0 fully saturated rings. The van der Waals surface area contributed by atoms with Gasteiger partial charge in [-0.25, -0.2) is 0 Å². The zero-order valence-electron chi connectivity index (χ0n) is 53.5. The van der Waals surface area contributed by atoms with Gasteiger partial charge < -0.3 is 9.80 Å². The topological polar surface area (TPSA) is 6.48 Å². The molecule has 0 aliphatic carbocycles. The van der Waals surface area contributed by atoms with Crippen LogP contribution >= 0.6 is 0 Å². The molecule has 16 rings (SSSR count). The summed E-state index contributed by atoms with van der Waals surface area (Å²) < 4.78 is 0. The van der Waals surface area contributed by atoms with E-state index in [-0.39, 0.29) is 23.0 Å². The SMILES string of the molecule is CC(C)(C)c1cc2c3c(c1)N(c1c(-c4ccccc4)cccc1-c1ccccc1)c1cc(-c4cc5cc(C(C)(C)C)cc6ccc7cc(C(C)(C)C)cc4c7c65)ccc1B3c1ccc(-c3ccccc3)cc1N2c1c(-c2ccccc2)cccc1-c1ccccc1. The number of anilines is 6. The molecule has 0 unspecified atom stereocenters. The molecule has 2 aliphatic heterocycles. The maximum Gasteiger partial charge on any atom is 0.252 e. The number of benzene rings is 14. The molecule has 0 amide bonds. The molecular weight excluding hydrogens is 1100 g/mol. The molecule has 438 valence electrons. The van der Waals surface area contributed by atoms with E-state index in [9.17, 15) is 0 Å². The molecule has 3 heteroatoms. The highest BCUT2D eigenvalue weighted by atomic mass is 15.2. The Bertz CT molecular complexity index is 5030. The van der Waals surface area contributed by atoms with Crippen LogP contribution in [0.3, 0.4) is 0 Å². The van der Waals surface area contributed by atoms with Crippen molar-refractivity contribution in [3.05, 3.63) is 296 Å². The van der Waals surface area contributed by atoms with Gasteiger partial charge in [0.1, 0.15) is 0 Å². The van der Waals surface area contributed by atoms with Gasteiger partial charge in [-0.3, -0.25) is 0 Å². The highest BCUT2D eigenvalue weighted by molar-refractivity contribution is 7.00. The molecule has 0 aromatic heterocycles. The summed E-state index contributed by atoms with van der Waals surface area (Å²) in [6.45, 7) is 21.1. The third-order valence-electron chi connectivity index (χ3n) is 19.6. The molecule has 14 aromatic carbocycles. The predicted octanol–water partition coefficient (Wildman–Crippen LogP) is 22.6. The minimum absolute atomic E-state index is 0.0441. The van der Waals surface area contributed by atoms with Crippen LogP contribution in [-0.2, 0) is 16.2 Å². The first-order chi connectivity index (χ1) is 44.0. The molecule has 0 atom stereocenters. The van der Waals surface area contributed by atoms with Gasteiger partial charge in [0, 0.05) is 45.0 Å². The van der Waals surface area contributed by atoms with E-state index in [4.69, 9.17) is 0 Å². The summed E-state index contributed by atoms with van der Waals surface area (Å²) in [6.07, 6.45) is 0. The maximum absolute atomic E-state index is 2.72. The van der Waals surface area contributed by atoms with Crippen molar-refractivity contribution in [2.45, 2.75) is 78.6 Å². The van der Waals surface area contributed by atoms with Gasteiger partial charge in [0.15, 0.2) is 0 Å². The fraction of sp³-hybridized carbons (Fsp3) is 0.136. The van der Waals surface area contributed by atoms with Gasteiger partial charge in [-0.15, -0.1) is 0 Å². The first kappa shape index (κ1) is 56.1. The van der Waals surface area contributed by atoms with Crippen LogP contribution in [-0.4, -0.2) is 6.71 Å². The number of nitrogens with zero attached hydrogens (tertiary/aromatic N) is 2. The van der Waals surface area contributed by atoms with Crippen LogP contribution in [0.2, 0.25) is 0 Å². The van der Waals surface area contributed by atoms with Crippen LogP contribution in [0.1, 0.15) is 79.0 Å². The normalized spacial score (nSPS) is 13.0. The number of para-hydroxylation sites is 2. The molecule has 2 heterocycles. The van der Waals surface area contributed by atoms with E-state index in [0.29, 0.717) is 0 Å². The van der Waals surface area contributed by atoms with Crippen molar-refractivity contribution in [2.24, 2.45) is 0 Å². The molecule has 0 saturated heterocycles. The number of fused-ring (bicyclic) bond motifs is 4. The number of rotatable bonds is 8. The van der Waals surface area contributed by atoms with Gasteiger partial charge in [0.2, 0.25) is 0 Å². The molecule has 91 heavy (non-hydrogen) atoms. The van der Waals surface area contributed by atoms with E-state index >= 15 is 0 Å². The third-order valence-corrected chi connectivity index (χ3v) is 19.6. The van der Waals surface area contributed by atoms with Crippen molar-refractivity contribution >= 4 is 89.5 Å². The lowest BCUT2D eigenvalue weighted by Gasteiger charge is -2.46. The standard InChI is InChI=1S/C88H73BN2/c1-86(2,3)66-47-63-41-42-64-48-67(87(4,5)6)53-74-73(50-65(49-66)81(63)82(64)74)62-44-46-76-78(52-62)91(85-71(59-33-21-13-22-34-59)39-26-40-72(85)60-35-23-14-24-36-60)80-55-68(88(7,8)9)54-79-83(80)89(76)75-45-43-61(56-27-15-10-16-28-56)51-77(75)90(79)84-69(57-29-17-11-18-30-57)37-25-38-70(84)58-31-19-12-20-32-58/h10-55H,1-9H3. The Balaban J connectivity index is 1.08. The smallest absolute Gasteiger partial charge is 0.252 e. The zero-order chi connectivity index (χ0) is 62.1. The number of hydrogen-bond acceptors (Lipinski definition) is 2. The van der Waals surface area contributed by atoms with E-state index in [1.54, 1.807) is 0 Å². The van der Waals surface area contributed by atoms with E-state index in [1.165, 1.54) is 144 Å². The quantitative estimate of drug-likeness (QED) is 0.111. The Labute approximate surface area is 537 Å². The summed E-state index contributed by atoms with van der Waals surface area (Å²) in [5.41, 5.74) is 28.5. The lowest BCUT2D eigenvalue weighted by Crippen LogP contribution is -2.61. The summed E-state index contributed by atoms with van der Waals surface area (Å²) in [4.78, 5) is 5.40. The molecule has 0 spiro atoms. The Morgan fingerprint density at radius 2 is 0.615 bits per heavy atom. The minimum Gasteiger partial charge on any atom is -0.310 e. The first-order valence-electron chi connectivity index (χ1n) is 32.4. The summed E-state index contributed by atoms with van der Waals surface area (Å²) >= 11 is 0. The van der Waals surface area contributed by atoms with Crippen LogP contribution in [0.25, 0.3) is 99.1 Å². The lowest BCUT2D eigenvalue weighted by molar-refractivity contribution is 0.590. The Morgan fingerprint density at radius 1 is 0.253 bits per heavy atom. The van der Waals surface area contributed by atoms with Crippen LogP contribution < -0.4 is 26.2 Å². The molecule has 0 bridgehead atoms. The van der Waals surface area contributed by atoms with Crippen LogP contribution in [0.5, 0.6) is 0 Å². The van der Waals surface area contributed by atoms with Crippen LogP contribution in [0.4, 0.5) is 34.1 Å². The fourth-order valence-electron chi connectivity index (χ4n) is 14.9. The largest absolute Gasteiger partial charge is 0.310 e. The van der Waals surface area contributed by atoms with Gasteiger partial charge in [0.25, 0.3) is 6.71 Å². The van der Waals surface area contributed by atoms with E-state index in [0.717, 1.165) is 22.5 Å². The molecule has 0 saturated carbocycles. The molecule has 0 radical (unpaired) electrons. The first-order valence-corrected chi connectivity index (χ1v) is 32.4. The van der Waals surface area contributed by atoms with Crippen molar-refractivity contribution in [2.75, 3.05) is 9.80 Å². The van der Waals surface area contributed by atoms with Crippen molar-refractivity contribution < 1.29 is 0 Å². The Kier molecular flexibility index (Phi) is 13.1. The minimum atomic E-state index is -0.272. The summed E-state index contributed by atoms with van der Waals surface area (Å²) in [5.74, 6) is 0. The second kappa shape index (κ2) is 21.2. The van der Waals surface area contributed by atoms with Gasteiger partial charge >= 0.3 is 0 Å². The highest BCUT2D eigenvalue weighted by Gasteiger charge is 2.46. The second-order valence-corrected chi connectivity index (χ2v) is 28.5. The molecule has 2 aliphatic rings. The molecule has 14 aromatic rings. The van der Waals surface area contributed by atoms with Crippen LogP contribution in [0, 0.1) is 0 Å². The fourth-order valence-corrected chi connectivity index (χ4v) is 14.9. The van der Waals surface area contributed by atoms with Gasteiger partial charge in [-0.05, 0) is 163 Å². The highest BCUT2D eigenvalue weighted by Crippen LogP contribution is 2.55. The van der Waals surface area contributed by atoms with E-state index in [2.05, 4.69) is 351 Å². The van der Waals surface area contributed by atoms with Crippen molar-refractivity contribution in [3.8, 4) is 66.8 Å². The van der Waals surface area contributed by atoms with E-state index in [1.807, 2.05) is 0 Å². The lowest BCUT2D eigenvalue weighted by atomic mass is 9.33. The van der Waals surface area contributed by atoms with Crippen LogP contribution in [0.15, 0.2) is 279 Å². The third kappa shape index (κ3) is 9.39. The van der Waals surface area contributed by atoms with Crippen molar-refractivity contribution in [3.63, 3.8) is 0 Å². The zero-order valence-corrected chi connectivity index (χ0v) is 53.5. The predicted molar refractivity (Wildman–Crippen MR) is 393 cm³/mol. The molecular formula is C88H73BN2.